The van der Waals surface area contributed by atoms with Crippen molar-refractivity contribution in [3.05, 3.63) is 48.0 Å². The molecule has 3 aromatic rings. The molecule has 37 heavy (non-hydrogen) atoms. The second-order valence-corrected chi connectivity index (χ2v) is 8.98. The molecular formula is C24H31N7O6. The lowest BCUT2D eigenvalue weighted by Crippen LogP contribution is -2.40. The molecule has 6 N–H and O–H groups in total. The van der Waals surface area contributed by atoms with Crippen molar-refractivity contribution < 1.29 is 29.3 Å². The van der Waals surface area contributed by atoms with E-state index in [-0.39, 0.29) is 24.7 Å². The van der Waals surface area contributed by atoms with Gasteiger partial charge in [-0.15, -0.1) is 0 Å². The van der Waals surface area contributed by atoms with Crippen LogP contribution in [0.3, 0.4) is 0 Å². The smallest absolute Gasteiger partial charge is 0.337 e. The topological polar surface area (TPSA) is 192 Å². The molecule has 0 spiro atoms. The van der Waals surface area contributed by atoms with E-state index in [0.717, 1.165) is 5.56 Å². The van der Waals surface area contributed by atoms with E-state index in [1.807, 2.05) is 11.0 Å². The van der Waals surface area contributed by atoms with Crippen LogP contribution in [0.15, 0.2) is 36.9 Å². The average Bonchev–Trinajstić information content (AvgIpc) is 3.43. The van der Waals surface area contributed by atoms with Crippen molar-refractivity contribution in [2.45, 2.75) is 50.3 Å². The maximum Gasteiger partial charge on any atom is 0.337 e. The number of amides is 1. The van der Waals surface area contributed by atoms with Crippen LogP contribution in [0.5, 0.6) is 0 Å². The minimum absolute atomic E-state index is 0.199. The quantitative estimate of drug-likeness (QED) is 0.199. The van der Waals surface area contributed by atoms with Crippen LogP contribution in [-0.2, 0) is 20.8 Å². The number of methoxy groups -OCH3 is 1. The highest BCUT2D eigenvalue weighted by Crippen LogP contribution is 2.32. The molecule has 0 radical (unpaired) electrons. The number of nitrogens with two attached hydrogens (primary N) is 2. The van der Waals surface area contributed by atoms with Gasteiger partial charge in [-0.05, 0) is 37.1 Å². The predicted octanol–water partition coefficient (Wildman–Crippen LogP) is -0.0279. The Hall–Kier alpha value is -3.65. The third-order valence-electron chi connectivity index (χ3n) is 6.34. The number of anilines is 1. The normalized spacial score (nSPS) is 21.5. The van der Waals surface area contributed by atoms with Crippen molar-refractivity contribution >= 4 is 28.9 Å². The van der Waals surface area contributed by atoms with Crippen LogP contribution in [0.1, 0.15) is 41.4 Å². The Bertz CT molecular complexity index is 1250. The van der Waals surface area contributed by atoms with E-state index in [9.17, 15) is 19.8 Å². The SMILES string of the molecule is COC(=O)c1cccc(CN(CCCCC(N)=O)C[C@H]2O[C@@H](n3cnc4c(N)ncnc43)[C@H](O)[C@@H]2O)c1. The Labute approximate surface area is 213 Å². The number of carbonyl (C=O) groups is 2. The van der Waals surface area contributed by atoms with E-state index in [1.54, 1.807) is 18.2 Å². The summed E-state index contributed by atoms with van der Waals surface area (Å²) in [7, 11) is 1.32. The number of hydrogen-bond donors (Lipinski definition) is 4. The number of aliphatic hydroxyl groups excluding tert-OH is 2. The number of aliphatic hydroxyl groups is 2. The summed E-state index contributed by atoms with van der Waals surface area (Å²) < 4.78 is 12.4. The lowest BCUT2D eigenvalue weighted by atomic mass is 10.1. The predicted molar refractivity (Wildman–Crippen MR) is 132 cm³/mol. The number of esters is 1. The van der Waals surface area contributed by atoms with Gasteiger partial charge in [0.25, 0.3) is 0 Å². The first-order valence-corrected chi connectivity index (χ1v) is 11.9. The molecule has 0 bridgehead atoms. The van der Waals surface area contributed by atoms with Crippen LogP contribution >= 0.6 is 0 Å². The molecule has 3 heterocycles. The van der Waals surface area contributed by atoms with Gasteiger partial charge in [0.2, 0.25) is 5.91 Å². The van der Waals surface area contributed by atoms with Gasteiger partial charge < -0.3 is 31.2 Å². The Morgan fingerprint density at radius 1 is 1.19 bits per heavy atom. The number of unbranched alkanes of at least 4 members (excludes halogenated alkanes) is 1. The van der Waals surface area contributed by atoms with Crippen LogP contribution in [0.2, 0.25) is 0 Å². The van der Waals surface area contributed by atoms with Crippen molar-refractivity contribution in [2.75, 3.05) is 25.9 Å². The summed E-state index contributed by atoms with van der Waals surface area (Å²) in [6.45, 7) is 1.28. The van der Waals surface area contributed by atoms with E-state index in [0.29, 0.717) is 42.7 Å². The second kappa shape index (κ2) is 11.6. The molecule has 13 nitrogen and oxygen atoms in total. The molecule has 13 heteroatoms. The number of aromatic nitrogens is 4. The lowest BCUT2D eigenvalue weighted by molar-refractivity contribution is -0.118. The number of nitrogen functional groups attached to an aromatic ring is 1. The highest BCUT2D eigenvalue weighted by molar-refractivity contribution is 5.89. The molecule has 1 aliphatic rings. The van der Waals surface area contributed by atoms with Crippen molar-refractivity contribution in [3.8, 4) is 0 Å². The molecule has 1 fully saturated rings. The Morgan fingerprint density at radius 3 is 2.76 bits per heavy atom. The van der Waals surface area contributed by atoms with Crippen molar-refractivity contribution in [3.63, 3.8) is 0 Å². The van der Waals surface area contributed by atoms with Gasteiger partial charge in [-0.1, -0.05) is 12.1 Å². The Balaban J connectivity index is 1.51. The monoisotopic (exact) mass is 513 g/mol. The Morgan fingerprint density at radius 2 is 2.00 bits per heavy atom. The number of carbonyl (C=O) groups excluding carboxylic acids is 2. The maximum atomic E-state index is 12.0. The lowest BCUT2D eigenvalue weighted by Gasteiger charge is -2.27. The summed E-state index contributed by atoms with van der Waals surface area (Å²) in [6.07, 6.45) is 0.198. The molecule has 1 aliphatic heterocycles. The molecule has 1 saturated heterocycles. The average molecular weight is 514 g/mol. The van der Waals surface area contributed by atoms with Gasteiger partial charge in [0.1, 0.15) is 30.2 Å². The molecular weight excluding hydrogens is 482 g/mol. The molecule has 0 aliphatic carbocycles. The number of nitrogens with zero attached hydrogens (tertiary/aromatic N) is 5. The fourth-order valence-corrected chi connectivity index (χ4v) is 4.46. The number of primary amides is 1. The van der Waals surface area contributed by atoms with Crippen molar-refractivity contribution in [1.29, 1.82) is 0 Å². The molecule has 0 unspecified atom stereocenters. The number of imidazole rings is 1. The summed E-state index contributed by atoms with van der Waals surface area (Å²) in [5.41, 5.74) is 13.2. The van der Waals surface area contributed by atoms with Gasteiger partial charge in [-0.3, -0.25) is 14.3 Å². The zero-order chi connectivity index (χ0) is 26.5. The molecule has 4 rings (SSSR count). The summed E-state index contributed by atoms with van der Waals surface area (Å²) >= 11 is 0. The number of rotatable bonds is 11. The fourth-order valence-electron chi connectivity index (χ4n) is 4.46. The highest BCUT2D eigenvalue weighted by Gasteiger charge is 2.44. The van der Waals surface area contributed by atoms with Gasteiger partial charge in [0.15, 0.2) is 17.7 Å². The third-order valence-corrected chi connectivity index (χ3v) is 6.34. The summed E-state index contributed by atoms with van der Waals surface area (Å²) in [5.74, 6) is -0.605. The van der Waals surface area contributed by atoms with Crippen LogP contribution < -0.4 is 11.5 Å². The van der Waals surface area contributed by atoms with Gasteiger partial charge >= 0.3 is 5.97 Å². The van der Waals surface area contributed by atoms with Crippen LogP contribution in [0.4, 0.5) is 5.82 Å². The van der Waals surface area contributed by atoms with E-state index >= 15 is 0 Å². The minimum atomic E-state index is -1.24. The summed E-state index contributed by atoms with van der Waals surface area (Å²) in [4.78, 5) is 37.5. The van der Waals surface area contributed by atoms with E-state index in [2.05, 4.69) is 15.0 Å². The zero-order valence-electron chi connectivity index (χ0n) is 20.4. The first-order valence-electron chi connectivity index (χ1n) is 11.9. The van der Waals surface area contributed by atoms with E-state index in [4.69, 9.17) is 20.9 Å². The van der Waals surface area contributed by atoms with Crippen LogP contribution in [0, 0.1) is 0 Å². The van der Waals surface area contributed by atoms with E-state index < -0.39 is 30.5 Å². The number of hydrogen-bond acceptors (Lipinski definition) is 11. The third kappa shape index (κ3) is 6.02. The standard InChI is InChI=1S/C24H31N7O6/c1-36-24(35)15-6-4-5-14(9-15)10-30(8-3-2-7-17(25)32)11-16-19(33)20(34)23(37-16)31-13-29-18-21(26)27-12-28-22(18)31/h4-6,9,12-13,16,19-20,23,33-34H,2-3,7-8,10-11H2,1H3,(H2,25,32)(H2,26,27,28)/t16-,19-,20-,23-/m1/s1. The highest BCUT2D eigenvalue weighted by atomic mass is 16.6. The van der Waals surface area contributed by atoms with Crippen molar-refractivity contribution in [1.82, 2.24) is 24.4 Å². The largest absolute Gasteiger partial charge is 0.465 e. The number of benzene rings is 1. The molecule has 1 amide bonds. The van der Waals surface area contributed by atoms with Crippen molar-refractivity contribution in [2.24, 2.45) is 5.73 Å². The molecule has 198 valence electrons. The first kappa shape index (κ1) is 26.4. The Kier molecular flexibility index (Phi) is 8.28. The summed E-state index contributed by atoms with van der Waals surface area (Å²) in [5, 5.41) is 21.7. The molecule has 0 saturated carbocycles. The van der Waals surface area contributed by atoms with Gasteiger partial charge in [0.05, 0.1) is 19.0 Å². The fraction of sp³-hybridized carbons (Fsp3) is 0.458. The van der Waals surface area contributed by atoms with Crippen LogP contribution in [0.25, 0.3) is 11.2 Å². The van der Waals surface area contributed by atoms with Gasteiger partial charge in [-0.2, -0.15) is 0 Å². The number of ether oxygens (including phenoxy) is 2. The first-order chi connectivity index (χ1) is 17.8. The van der Waals surface area contributed by atoms with Crippen LogP contribution in [-0.4, -0.2) is 85.0 Å². The minimum Gasteiger partial charge on any atom is -0.465 e. The maximum absolute atomic E-state index is 12.0. The molecule has 2 aromatic heterocycles. The van der Waals surface area contributed by atoms with E-state index in [1.165, 1.54) is 24.3 Å². The summed E-state index contributed by atoms with van der Waals surface area (Å²) in [6, 6.07) is 7.07. The second-order valence-electron chi connectivity index (χ2n) is 8.98. The molecule has 1 aromatic carbocycles. The molecule has 4 atom stereocenters. The van der Waals surface area contributed by atoms with Gasteiger partial charge in [0, 0.05) is 19.5 Å². The zero-order valence-corrected chi connectivity index (χ0v) is 20.4. The number of fused-ring (bicyclic) bond motifs is 1. The van der Waals surface area contributed by atoms with Gasteiger partial charge in [-0.25, -0.2) is 19.7 Å².